The van der Waals surface area contributed by atoms with Gasteiger partial charge in [0.2, 0.25) is 5.91 Å². The minimum Gasteiger partial charge on any atom is -0.467 e. The second-order valence-electron chi connectivity index (χ2n) is 4.16. The van der Waals surface area contributed by atoms with Crippen LogP contribution in [0.25, 0.3) is 0 Å². The summed E-state index contributed by atoms with van der Waals surface area (Å²) in [5.41, 5.74) is 5.36. The molecule has 0 aromatic carbocycles. The molecule has 0 bridgehead atoms. The number of hydrogen-bond donors (Lipinski definition) is 3. The van der Waals surface area contributed by atoms with Gasteiger partial charge in [-0.1, -0.05) is 0 Å². The first kappa shape index (κ1) is 14.4. The van der Waals surface area contributed by atoms with Gasteiger partial charge >= 0.3 is 0 Å². The summed E-state index contributed by atoms with van der Waals surface area (Å²) in [6.45, 7) is 0.429. The molecule has 0 aliphatic carbocycles. The molecule has 0 aliphatic heterocycles. The zero-order valence-electron chi connectivity index (χ0n) is 11.2. The maximum Gasteiger partial charge on any atom is 0.267 e. The summed E-state index contributed by atoms with van der Waals surface area (Å²) in [7, 11) is 0. The predicted molar refractivity (Wildman–Crippen MR) is 73.4 cm³/mol. The van der Waals surface area contributed by atoms with E-state index in [1.807, 2.05) is 0 Å². The zero-order chi connectivity index (χ0) is 15.1. The topological polar surface area (TPSA) is 111 Å². The summed E-state index contributed by atoms with van der Waals surface area (Å²) in [5, 5.41) is 5.09. The lowest BCUT2D eigenvalue weighted by Crippen LogP contribution is -2.30. The highest BCUT2D eigenvalue weighted by Crippen LogP contribution is 2.00. The molecule has 0 radical (unpaired) electrons. The Labute approximate surface area is 120 Å². The second-order valence-corrected chi connectivity index (χ2v) is 4.16. The number of rotatable bonds is 6. The van der Waals surface area contributed by atoms with Crippen LogP contribution in [0.2, 0.25) is 0 Å². The van der Waals surface area contributed by atoms with Crippen molar-refractivity contribution in [2.75, 3.05) is 0 Å². The van der Waals surface area contributed by atoms with Crippen LogP contribution in [-0.2, 0) is 22.7 Å². The third kappa shape index (κ3) is 4.57. The van der Waals surface area contributed by atoms with Crippen molar-refractivity contribution in [3.05, 3.63) is 60.1 Å². The van der Waals surface area contributed by atoms with Gasteiger partial charge in [-0.25, -0.2) is 0 Å². The van der Waals surface area contributed by atoms with E-state index in [-0.39, 0.29) is 18.8 Å². The van der Waals surface area contributed by atoms with E-state index >= 15 is 0 Å². The van der Waals surface area contributed by atoms with E-state index in [4.69, 9.17) is 14.6 Å². The lowest BCUT2D eigenvalue weighted by atomic mass is 10.3. The van der Waals surface area contributed by atoms with Gasteiger partial charge < -0.3 is 25.2 Å². The number of furan rings is 2. The fraction of sp³-hybridized carbons (Fsp3) is 0.143. The smallest absolute Gasteiger partial charge is 0.267 e. The summed E-state index contributed by atoms with van der Waals surface area (Å²) in [6.07, 6.45) is 4.04. The van der Waals surface area contributed by atoms with Gasteiger partial charge in [0.25, 0.3) is 5.91 Å². The molecule has 0 spiro atoms. The summed E-state index contributed by atoms with van der Waals surface area (Å²) in [6, 6.07) is 6.87. The van der Waals surface area contributed by atoms with Gasteiger partial charge in [0.05, 0.1) is 25.6 Å². The van der Waals surface area contributed by atoms with Crippen LogP contribution in [-0.4, -0.2) is 11.8 Å². The van der Waals surface area contributed by atoms with Crippen molar-refractivity contribution < 1.29 is 18.4 Å². The molecule has 0 unspecified atom stereocenters. The Hall–Kier alpha value is -2.96. The highest BCUT2D eigenvalue weighted by atomic mass is 16.3. The SMILES string of the molecule is NC(=CC(=O)NCc1ccco1)C(=O)NCc1ccco1. The summed E-state index contributed by atoms with van der Waals surface area (Å²) in [4.78, 5) is 23.2. The Balaban J connectivity index is 1.78. The van der Waals surface area contributed by atoms with Crippen LogP contribution in [0.4, 0.5) is 0 Å². The largest absolute Gasteiger partial charge is 0.467 e. The molecule has 0 fully saturated rings. The van der Waals surface area contributed by atoms with Gasteiger partial charge in [-0.3, -0.25) is 9.59 Å². The Morgan fingerprint density at radius 3 is 2.14 bits per heavy atom. The quantitative estimate of drug-likeness (QED) is 0.676. The molecular weight excluding hydrogens is 274 g/mol. The van der Waals surface area contributed by atoms with E-state index in [9.17, 15) is 9.59 Å². The lowest BCUT2D eigenvalue weighted by molar-refractivity contribution is -0.119. The number of hydrogen-bond acceptors (Lipinski definition) is 5. The third-order valence-corrected chi connectivity index (χ3v) is 2.57. The summed E-state index contributed by atoms with van der Waals surface area (Å²) >= 11 is 0. The van der Waals surface area contributed by atoms with Crippen molar-refractivity contribution in [1.82, 2.24) is 10.6 Å². The van der Waals surface area contributed by atoms with E-state index < -0.39 is 11.8 Å². The van der Waals surface area contributed by atoms with Gasteiger partial charge in [-0.2, -0.15) is 0 Å². The van der Waals surface area contributed by atoms with Gasteiger partial charge in [-0.15, -0.1) is 0 Å². The summed E-state index contributed by atoms with van der Waals surface area (Å²) < 4.78 is 10.1. The van der Waals surface area contributed by atoms with Crippen LogP contribution >= 0.6 is 0 Å². The van der Waals surface area contributed by atoms with Crippen LogP contribution in [0.1, 0.15) is 11.5 Å². The highest BCUT2D eigenvalue weighted by molar-refractivity contribution is 6.00. The molecule has 7 nitrogen and oxygen atoms in total. The molecule has 2 amide bonds. The van der Waals surface area contributed by atoms with Gasteiger partial charge in [0, 0.05) is 6.08 Å². The molecule has 0 saturated heterocycles. The first-order valence-electron chi connectivity index (χ1n) is 6.23. The maximum atomic E-state index is 11.7. The number of carbonyl (C=O) groups excluding carboxylic acids is 2. The van der Waals surface area contributed by atoms with Crippen molar-refractivity contribution in [2.45, 2.75) is 13.1 Å². The molecule has 2 rings (SSSR count). The molecule has 2 aromatic rings. The average Bonchev–Trinajstić information content (AvgIpc) is 3.15. The number of amides is 2. The molecule has 2 aromatic heterocycles. The van der Waals surface area contributed by atoms with Crippen molar-refractivity contribution in [3.63, 3.8) is 0 Å². The molecule has 21 heavy (non-hydrogen) atoms. The average molecular weight is 289 g/mol. The van der Waals surface area contributed by atoms with Gasteiger partial charge in [0.15, 0.2) is 0 Å². The van der Waals surface area contributed by atoms with Crippen LogP contribution in [0.3, 0.4) is 0 Å². The second kappa shape index (κ2) is 6.99. The first-order valence-corrected chi connectivity index (χ1v) is 6.23. The number of nitrogens with one attached hydrogen (secondary N) is 2. The summed E-state index contributed by atoms with van der Waals surface area (Å²) in [5.74, 6) is 0.188. The zero-order valence-corrected chi connectivity index (χ0v) is 11.2. The first-order chi connectivity index (χ1) is 10.1. The van der Waals surface area contributed by atoms with Crippen molar-refractivity contribution in [2.24, 2.45) is 5.73 Å². The Kier molecular flexibility index (Phi) is 4.81. The molecule has 2 heterocycles. The van der Waals surface area contributed by atoms with E-state index in [0.29, 0.717) is 11.5 Å². The van der Waals surface area contributed by atoms with E-state index in [2.05, 4.69) is 10.6 Å². The van der Waals surface area contributed by atoms with E-state index in [0.717, 1.165) is 6.08 Å². The minimum absolute atomic E-state index is 0.182. The van der Waals surface area contributed by atoms with Crippen LogP contribution < -0.4 is 16.4 Å². The van der Waals surface area contributed by atoms with Crippen LogP contribution in [0.5, 0.6) is 0 Å². The monoisotopic (exact) mass is 289 g/mol. The molecule has 110 valence electrons. The number of carbonyl (C=O) groups is 2. The molecule has 0 saturated carbocycles. The van der Waals surface area contributed by atoms with Gasteiger partial charge in [-0.05, 0) is 24.3 Å². The third-order valence-electron chi connectivity index (χ3n) is 2.57. The molecule has 7 heteroatoms. The van der Waals surface area contributed by atoms with Crippen molar-refractivity contribution in [1.29, 1.82) is 0 Å². The molecule has 0 aliphatic rings. The van der Waals surface area contributed by atoms with Crippen molar-refractivity contribution in [3.8, 4) is 0 Å². The minimum atomic E-state index is -0.542. The Morgan fingerprint density at radius 1 is 1.05 bits per heavy atom. The highest BCUT2D eigenvalue weighted by Gasteiger charge is 2.08. The maximum absolute atomic E-state index is 11.7. The Bertz CT molecular complexity index is 615. The van der Waals surface area contributed by atoms with Crippen LogP contribution in [0, 0.1) is 0 Å². The lowest BCUT2D eigenvalue weighted by Gasteiger charge is -2.04. The fourth-order valence-electron chi connectivity index (χ4n) is 1.53. The fourth-order valence-corrected chi connectivity index (χ4v) is 1.53. The molecular formula is C14H15N3O4. The van der Waals surface area contributed by atoms with Crippen LogP contribution in [0.15, 0.2) is 57.4 Å². The van der Waals surface area contributed by atoms with Crippen molar-refractivity contribution >= 4 is 11.8 Å². The normalized spacial score (nSPS) is 11.1. The Morgan fingerprint density at radius 2 is 1.62 bits per heavy atom. The molecule has 4 N–H and O–H groups in total. The predicted octanol–water partition coefficient (Wildman–Crippen LogP) is 0.648. The standard InChI is InChI=1S/C14H15N3O4/c15-12(14(19)17-9-11-4-2-6-21-11)7-13(18)16-8-10-3-1-5-20-10/h1-7H,8-9,15H2,(H,16,18)(H,17,19). The van der Waals surface area contributed by atoms with E-state index in [1.54, 1.807) is 24.3 Å². The van der Waals surface area contributed by atoms with Gasteiger partial charge in [0.1, 0.15) is 17.2 Å². The number of nitrogens with two attached hydrogens (primary N) is 1. The van der Waals surface area contributed by atoms with E-state index in [1.165, 1.54) is 12.5 Å². The molecule has 0 atom stereocenters.